The molecule has 1 saturated heterocycles. The average Bonchev–Trinajstić information content (AvgIpc) is 3.34. The van der Waals surface area contributed by atoms with Crippen molar-refractivity contribution in [3.63, 3.8) is 0 Å². The molecule has 178 valence electrons. The van der Waals surface area contributed by atoms with E-state index in [9.17, 15) is 22.8 Å². The predicted octanol–water partition coefficient (Wildman–Crippen LogP) is 2.32. The Morgan fingerprint density at radius 3 is 2.53 bits per heavy atom. The van der Waals surface area contributed by atoms with E-state index >= 15 is 0 Å². The number of fused-ring (bicyclic) bond motifs is 1. The van der Waals surface area contributed by atoms with Gasteiger partial charge in [-0.3, -0.25) is 14.4 Å². The van der Waals surface area contributed by atoms with Crippen LogP contribution >= 0.6 is 0 Å². The summed E-state index contributed by atoms with van der Waals surface area (Å²) in [6, 6.07) is 12.2. The summed E-state index contributed by atoms with van der Waals surface area (Å²) in [6.07, 6.45) is 3.19. The summed E-state index contributed by atoms with van der Waals surface area (Å²) in [7, 11) is -3.90. The molecule has 2 heterocycles. The van der Waals surface area contributed by atoms with Crippen LogP contribution in [0.4, 0.5) is 5.69 Å². The molecule has 1 aliphatic heterocycles. The molecule has 0 radical (unpaired) electrons. The van der Waals surface area contributed by atoms with Gasteiger partial charge in [0.15, 0.2) is 0 Å². The van der Waals surface area contributed by atoms with Gasteiger partial charge in [-0.15, -0.1) is 0 Å². The number of aromatic nitrogens is 1. The van der Waals surface area contributed by atoms with Crippen molar-refractivity contribution in [1.29, 1.82) is 0 Å². The van der Waals surface area contributed by atoms with Gasteiger partial charge in [-0.25, -0.2) is 18.5 Å². The monoisotopic (exact) mass is 482 g/mol. The highest BCUT2D eigenvalue weighted by molar-refractivity contribution is 7.89. The highest BCUT2D eigenvalue weighted by atomic mass is 32.2. The minimum atomic E-state index is -3.90. The summed E-state index contributed by atoms with van der Waals surface area (Å²) >= 11 is 0. The first-order chi connectivity index (χ1) is 16.2. The van der Waals surface area contributed by atoms with Gasteiger partial charge in [-0.2, -0.15) is 0 Å². The van der Waals surface area contributed by atoms with Crippen molar-refractivity contribution in [2.24, 2.45) is 5.14 Å². The lowest BCUT2D eigenvalue weighted by Gasteiger charge is -2.27. The Labute approximate surface area is 197 Å². The maximum Gasteiger partial charge on any atom is 0.257 e. The standard InChI is InChI=1S/C24H26N4O5S/c1-2-5-22(29)27(13-12-16-15-26-20-7-4-3-6-19(16)20)21-14-23(30)28(24(21)31)17-8-10-18(11-9-17)34(25,32)33/h3-4,6-11,15,21,26H,2,5,12-14H2,1H3,(H2,25,32,33). The van der Waals surface area contributed by atoms with E-state index in [4.69, 9.17) is 5.14 Å². The van der Waals surface area contributed by atoms with Crippen LogP contribution in [0.5, 0.6) is 0 Å². The number of hydrogen-bond acceptors (Lipinski definition) is 5. The Morgan fingerprint density at radius 2 is 1.85 bits per heavy atom. The van der Waals surface area contributed by atoms with E-state index in [1.807, 2.05) is 37.4 Å². The Morgan fingerprint density at radius 1 is 1.15 bits per heavy atom. The molecular weight excluding hydrogens is 456 g/mol. The second-order valence-electron chi connectivity index (χ2n) is 8.27. The number of benzene rings is 2. The van der Waals surface area contributed by atoms with Crippen molar-refractivity contribution < 1.29 is 22.8 Å². The molecule has 0 saturated carbocycles. The zero-order valence-corrected chi connectivity index (χ0v) is 19.5. The first kappa shape index (κ1) is 23.7. The number of anilines is 1. The first-order valence-electron chi connectivity index (χ1n) is 11.0. The number of aromatic amines is 1. The van der Waals surface area contributed by atoms with Crippen molar-refractivity contribution in [1.82, 2.24) is 9.88 Å². The second kappa shape index (κ2) is 9.40. The van der Waals surface area contributed by atoms with Crippen molar-refractivity contribution in [2.45, 2.75) is 43.5 Å². The van der Waals surface area contributed by atoms with Crippen molar-refractivity contribution in [2.75, 3.05) is 11.4 Å². The van der Waals surface area contributed by atoms with E-state index in [0.29, 0.717) is 19.4 Å². The molecule has 0 bridgehead atoms. The molecule has 1 fully saturated rings. The second-order valence-corrected chi connectivity index (χ2v) is 9.83. The lowest BCUT2D eigenvalue weighted by Crippen LogP contribution is -2.46. The number of amides is 3. The molecule has 1 aliphatic rings. The molecule has 34 heavy (non-hydrogen) atoms. The van der Waals surface area contributed by atoms with Crippen LogP contribution < -0.4 is 10.0 Å². The van der Waals surface area contributed by atoms with Gasteiger partial charge in [0.05, 0.1) is 17.0 Å². The number of nitrogens with one attached hydrogen (secondary N) is 1. The van der Waals surface area contributed by atoms with Gasteiger partial charge in [0.25, 0.3) is 5.91 Å². The van der Waals surface area contributed by atoms with E-state index in [1.165, 1.54) is 29.2 Å². The molecule has 1 atom stereocenters. The molecular formula is C24H26N4O5S. The van der Waals surface area contributed by atoms with Gasteiger partial charge in [0.1, 0.15) is 6.04 Å². The summed E-state index contributed by atoms with van der Waals surface area (Å²) in [5.74, 6) is -1.13. The maximum atomic E-state index is 13.3. The molecule has 4 rings (SSSR count). The number of hydrogen-bond donors (Lipinski definition) is 2. The fourth-order valence-corrected chi connectivity index (χ4v) is 4.82. The summed E-state index contributed by atoms with van der Waals surface area (Å²) in [6.45, 7) is 2.18. The number of rotatable bonds is 8. The average molecular weight is 483 g/mol. The Kier molecular flexibility index (Phi) is 6.54. The fourth-order valence-electron chi connectivity index (χ4n) is 4.31. The summed E-state index contributed by atoms with van der Waals surface area (Å²) < 4.78 is 23.0. The number of sulfonamides is 1. The van der Waals surface area contributed by atoms with Crippen molar-refractivity contribution >= 4 is 44.3 Å². The van der Waals surface area contributed by atoms with Gasteiger partial charge in [0, 0.05) is 30.1 Å². The van der Waals surface area contributed by atoms with Gasteiger partial charge in [0.2, 0.25) is 21.8 Å². The van der Waals surface area contributed by atoms with E-state index in [-0.39, 0.29) is 29.3 Å². The summed E-state index contributed by atoms with van der Waals surface area (Å²) in [5.41, 5.74) is 2.26. The Hall–Kier alpha value is -3.50. The topological polar surface area (TPSA) is 134 Å². The van der Waals surface area contributed by atoms with E-state index in [1.54, 1.807) is 0 Å². The maximum absolute atomic E-state index is 13.3. The molecule has 0 spiro atoms. The summed E-state index contributed by atoms with van der Waals surface area (Å²) in [5, 5.41) is 6.18. The SMILES string of the molecule is CCCC(=O)N(CCc1c[nH]c2ccccc12)C1CC(=O)N(c2ccc(S(N)(=O)=O)cc2)C1=O. The van der Waals surface area contributed by atoms with Crippen LogP contribution in [0.1, 0.15) is 31.7 Å². The normalized spacial score (nSPS) is 16.4. The number of carbonyl (C=O) groups excluding carboxylic acids is 3. The fraction of sp³-hybridized carbons (Fsp3) is 0.292. The summed E-state index contributed by atoms with van der Waals surface area (Å²) in [4.78, 5) is 44.6. The lowest BCUT2D eigenvalue weighted by atomic mass is 10.1. The number of carbonyl (C=O) groups is 3. The molecule has 1 unspecified atom stereocenters. The lowest BCUT2D eigenvalue weighted by molar-refractivity contribution is -0.138. The van der Waals surface area contributed by atoms with E-state index in [2.05, 4.69) is 4.98 Å². The minimum absolute atomic E-state index is 0.120. The smallest absolute Gasteiger partial charge is 0.257 e. The van der Waals surface area contributed by atoms with Crippen LogP contribution in [0.15, 0.2) is 59.6 Å². The highest BCUT2D eigenvalue weighted by Crippen LogP contribution is 2.28. The zero-order valence-electron chi connectivity index (χ0n) is 18.7. The predicted molar refractivity (Wildman–Crippen MR) is 127 cm³/mol. The van der Waals surface area contributed by atoms with Crippen molar-refractivity contribution in [3.05, 3.63) is 60.3 Å². The molecule has 0 aliphatic carbocycles. The molecule has 9 nitrogen and oxygen atoms in total. The molecule has 2 aromatic carbocycles. The van der Waals surface area contributed by atoms with Crippen LogP contribution in [-0.4, -0.2) is 48.6 Å². The third-order valence-corrected chi connectivity index (χ3v) is 6.93. The molecule has 3 N–H and O–H groups in total. The van der Waals surface area contributed by atoms with Gasteiger partial charge in [-0.05, 0) is 48.7 Å². The molecule has 3 aromatic rings. The number of H-pyrrole nitrogens is 1. The quantitative estimate of drug-likeness (QED) is 0.475. The first-order valence-corrected chi connectivity index (χ1v) is 12.6. The van der Waals surface area contributed by atoms with Crippen LogP contribution in [0.3, 0.4) is 0 Å². The molecule has 10 heteroatoms. The number of nitrogens with two attached hydrogens (primary N) is 1. The third kappa shape index (κ3) is 4.59. The van der Waals surface area contributed by atoms with Crippen LogP contribution in [0.25, 0.3) is 10.9 Å². The molecule has 1 aromatic heterocycles. The number of imide groups is 1. The zero-order chi connectivity index (χ0) is 24.5. The van der Waals surface area contributed by atoms with Crippen LogP contribution in [0, 0.1) is 0 Å². The number of para-hydroxylation sites is 1. The number of nitrogens with zero attached hydrogens (tertiary/aromatic N) is 2. The van der Waals surface area contributed by atoms with Crippen molar-refractivity contribution in [3.8, 4) is 0 Å². The largest absolute Gasteiger partial charge is 0.361 e. The van der Waals surface area contributed by atoms with E-state index in [0.717, 1.165) is 21.4 Å². The van der Waals surface area contributed by atoms with Crippen LogP contribution in [-0.2, 0) is 30.8 Å². The Balaban J connectivity index is 1.57. The van der Waals surface area contributed by atoms with E-state index < -0.39 is 27.9 Å². The van der Waals surface area contributed by atoms with Gasteiger partial charge >= 0.3 is 0 Å². The third-order valence-electron chi connectivity index (χ3n) is 6.00. The van der Waals surface area contributed by atoms with Gasteiger partial charge < -0.3 is 9.88 Å². The highest BCUT2D eigenvalue weighted by Gasteiger charge is 2.44. The van der Waals surface area contributed by atoms with Crippen LogP contribution in [0.2, 0.25) is 0 Å². The minimum Gasteiger partial charge on any atom is -0.361 e. The molecule has 3 amide bonds. The Bertz CT molecular complexity index is 1350. The number of primary sulfonamides is 1. The van der Waals surface area contributed by atoms with Gasteiger partial charge in [-0.1, -0.05) is 25.1 Å².